The minimum atomic E-state index is -0.324. The van der Waals surface area contributed by atoms with Crippen molar-refractivity contribution in [1.82, 2.24) is 10.6 Å². The van der Waals surface area contributed by atoms with E-state index in [4.69, 9.17) is 9.47 Å². The Morgan fingerprint density at radius 1 is 1.13 bits per heavy atom. The molecule has 0 fully saturated rings. The maximum absolute atomic E-state index is 12.2. The number of guanidine groups is 1. The number of hydrogen-bond acceptors (Lipinski definition) is 6. The van der Waals surface area contributed by atoms with E-state index in [0.717, 1.165) is 18.5 Å². The molecule has 0 aromatic heterocycles. The first-order chi connectivity index (χ1) is 14.8. The van der Waals surface area contributed by atoms with Gasteiger partial charge in [-0.15, -0.1) is 0 Å². The number of ether oxygens (including phenoxy) is 3. The zero-order valence-corrected chi connectivity index (χ0v) is 18.9. The molecule has 9 nitrogen and oxygen atoms in total. The number of amides is 1. The Morgan fingerprint density at radius 3 is 2.58 bits per heavy atom. The summed E-state index contributed by atoms with van der Waals surface area (Å²) in [4.78, 5) is 27.8. The van der Waals surface area contributed by atoms with Crippen LogP contribution >= 0.6 is 0 Å². The van der Waals surface area contributed by atoms with E-state index >= 15 is 0 Å². The van der Waals surface area contributed by atoms with Crippen molar-refractivity contribution >= 4 is 23.5 Å². The number of esters is 1. The van der Waals surface area contributed by atoms with Crippen molar-refractivity contribution in [2.45, 2.75) is 52.0 Å². The summed E-state index contributed by atoms with van der Waals surface area (Å²) >= 11 is 0. The molecular formula is C22H34N4O5. The topological polar surface area (TPSA) is 110 Å². The number of carbonyl (C=O) groups excluding carboxylic acids is 2. The van der Waals surface area contributed by atoms with Crippen LogP contribution in [0.4, 0.5) is 5.69 Å². The van der Waals surface area contributed by atoms with Crippen molar-refractivity contribution in [3.8, 4) is 11.5 Å². The third kappa shape index (κ3) is 9.59. The van der Waals surface area contributed by atoms with Gasteiger partial charge in [-0.3, -0.25) is 9.59 Å². The molecule has 2 rings (SSSR count). The number of carbonyl (C=O) groups is 2. The largest absolute Gasteiger partial charge is 0.490 e. The molecular weight excluding hydrogens is 400 g/mol. The zero-order valence-electron chi connectivity index (χ0n) is 18.9. The van der Waals surface area contributed by atoms with Gasteiger partial charge in [0.2, 0.25) is 5.91 Å². The van der Waals surface area contributed by atoms with E-state index < -0.39 is 0 Å². The Bertz CT molecular complexity index is 774. The SMILES string of the molecule is COC(=O)CCCCNC(=NCC(=O)NC(C)(C)C)Nc1ccc2c(c1)OCCCO2. The lowest BCUT2D eigenvalue weighted by molar-refractivity contribution is -0.140. The molecule has 3 N–H and O–H groups in total. The van der Waals surface area contributed by atoms with Crippen LogP contribution in [-0.2, 0) is 14.3 Å². The first-order valence-corrected chi connectivity index (χ1v) is 10.6. The highest BCUT2D eigenvalue weighted by Gasteiger charge is 2.14. The second kappa shape index (κ2) is 12.0. The van der Waals surface area contributed by atoms with Gasteiger partial charge in [-0.05, 0) is 45.7 Å². The molecule has 0 radical (unpaired) electrons. The van der Waals surface area contributed by atoms with E-state index in [2.05, 4.69) is 25.7 Å². The molecule has 1 aromatic rings. The van der Waals surface area contributed by atoms with Crippen molar-refractivity contribution in [3.63, 3.8) is 0 Å². The fourth-order valence-corrected chi connectivity index (χ4v) is 2.83. The van der Waals surface area contributed by atoms with Crippen LogP contribution in [0.2, 0.25) is 0 Å². The molecule has 0 unspecified atom stereocenters. The number of anilines is 1. The number of aliphatic imine (C=N–C) groups is 1. The van der Waals surface area contributed by atoms with Gasteiger partial charge < -0.3 is 30.2 Å². The van der Waals surface area contributed by atoms with Crippen molar-refractivity contribution in [3.05, 3.63) is 18.2 Å². The standard InChI is InChI=1S/C22H34N4O5/c1-22(2,3)26-19(27)15-24-21(23-11-6-5-8-20(28)29-4)25-16-9-10-17-18(14-16)31-13-7-12-30-17/h9-10,14H,5-8,11-13,15H2,1-4H3,(H,26,27)(H2,23,24,25). The van der Waals surface area contributed by atoms with Crippen LogP contribution in [0.25, 0.3) is 0 Å². The van der Waals surface area contributed by atoms with Crippen molar-refractivity contribution in [2.24, 2.45) is 4.99 Å². The van der Waals surface area contributed by atoms with Gasteiger partial charge in [0.25, 0.3) is 0 Å². The Labute approximate surface area is 183 Å². The van der Waals surface area contributed by atoms with E-state index in [-0.39, 0.29) is 24.0 Å². The van der Waals surface area contributed by atoms with Gasteiger partial charge in [0.1, 0.15) is 6.54 Å². The second-order valence-electron chi connectivity index (χ2n) is 8.26. The molecule has 0 saturated heterocycles. The smallest absolute Gasteiger partial charge is 0.305 e. The van der Waals surface area contributed by atoms with Crippen LogP contribution in [0.5, 0.6) is 11.5 Å². The van der Waals surface area contributed by atoms with Crippen LogP contribution < -0.4 is 25.4 Å². The zero-order chi connectivity index (χ0) is 22.7. The number of fused-ring (bicyclic) bond motifs is 1. The average Bonchev–Trinajstić information content (AvgIpc) is 2.95. The van der Waals surface area contributed by atoms with E-state index in [1.54, 1.807) is 0 Å². The van der Waals surface area contributed by atoms with Gasteiger partial charge in [0.05, 0.1) is 20.3 Å². The van der Waals surface area contributed by atoms with Gasteiger partial charge in [-0.25, -0.2) is 4.99 Å². The van der Waals surface area contributed by atoms with Gasteiger partial charge in [-0.1, -0.05) is 0 Å². The molecule has 1 aliphatic heterocycles. The van der Waals surface area contributed by atoms with Gasteiger partial charge in [0, 0.05) is 36.7 Å². The molecule has 1 heterocycles. The Hall–Kier alpha value is -2.97. The number of rotatable bonds is 8. The summed E-state index contributed by atoms with van der Waals surface area (Å²) in [5.41, 5.74) is 0.442. The van der Waals surface area contributed by atoms with Crippen molar-refractivity contribution < 1.29 is 23.8 Å². The quantitative estimate of drug-likeness (QED) is 0.249. The van der Waals surface area contributed by atoms with Gasteiger partial charge in [-0.2, -0.15) is 0 Å². The lowest BCUT2D eigenvalue weighted by atomic mass is 10.1. The van der Waals surface area contributed by atoms with Crippen molar-refractivity contribution in [1.29, 1.82) is 0 Å². The van der Waals surface area contributed by atoms with E-state index in [1.165, 1.54) is 7.11 Å². The third-order valence-electron chi connectivity index (χ3n) is 4.23. The summed E-state index contributed by atoms with van der Waals surface area (Å²) < 4.78 is 16.1. The molecule has 0 bridgehead atoms. The summed E-state index contributed by atoms with van der Waals surface area (Å²) in [6.07, 6.45) is 2.65. The third-order valence-corrected chi connectivity index (χ3v) is 4.23. The maximum Gasteiger partial charge on any atom is 0.305 e. The summed E-state index contributed by atoms with van der Waals surface area (Å²) in [5.74, 6) is 1.46. The van der Waals surface area contributed by atoms with E-state index in [0.29, 0.717) is 50.1 Å². The highest BCUT2D eigenvalue weighted by atomic mass is 16.5. The monoisotopic (exact) mass is 434 g/mol. The first kappa shape index (κ1) is 24.3. The average molecular weight is 435 g/mol. The van der Waals surface area contributed by atoms with Crippen LogP contribution in [0.3, 0.4) is 0 Å². The van der Waals surface area contributed by atoms with Gasteiger partial charge >= 0.3 is 5.97 Å². The molecule has 1 aliphatic rings. The fraction of sp³-hybridized carbons (Fsp3) is 0.591. The minimum Gasteiger partial charge on any atom is -0.490 e. The normalized spacial score (nSPS) is 13.7. The molecule has 0 spiro atoms. The van der Waals surface area contributed by atoms with Gasteiger partial charge in [0.15, 0.2) is 17.5 Å². The summed E-state index contributed by atoms with van der Waals surface area (Å²) in [7, 11) is 1.38. The number of methoxy groups -OCH3 is 1. The Balaban J connectivity index is 2.00. The molecule has 0 saturated carbocycles. The number of nitrogens with zero attached hydrogens (tertiary/aromatic N) is 1. The van der Waals surface area contributed by atoms with Crippen molar-refractivity contribution in [2.75, 3.05) is 38.7 Å². The lowest BCUT2D eigenvalue weighted by Crippen LogP contribution is -2.42. The number of hydrogen-bond donors (Lipinski definition) is 3. The predicted octanol–water partition coefficient (Wildman–Crippen LogP) is 2.46. The summed E-state index contributed by atoms with van der Waals surface area (Å²) in [5, 5.41) is 9.31. The summed E-state index contributed by atoms with van der Waals surface area (Å²) in [6, 6.07) is 5.57. The number of unbranched alkanes of at least 4 members (excludes halogenated alkanes) is 1. The maximum atomic E-state index is 12.2. The van der Waals surface area contributed by atoms with Crippen LogP contribution in [0.1, 0.15) is 46.5 Å². The number of benzene rings is 1. The second-order valence-corrected chi connectivity index (χ2v) is 8.26. The summed E-state index contributed by atoms with van der Waals surface area (Å²) in [6.45, 7) is 7.57. The molecule has 172 valence electrons. The van der Waals surface area contributed by atoms with Crippen LogP contribution in [0.15, 0.2) is 23.2 Å². The van der Waals surface area contributed by atoms with Crippen LogP contribution in [-0.4, -0.2) is 56.8 Å². The van der Waals surface area contributed by atoms with E-state index in [9.17, 15) is 9.59 Å². The molecule has 0 aliphatic carbocycles. The Kier molecular flexibility index (Phi) is 9.42. The number of nitrogens with one attached hydrogen (secondary N) is 3. The lowest BCUT2D eigenvalue weighted by Gasteiger charge is -2.20. The minimum absolute atomic E-state index is 0.0146. The highest BCUT2D eigenvalue weighted by molar-refractivity contribution is 5.95. The molecule has 1 amide bonds. The van der Waals surface area contributed by atoms with Crippen LogP contribution in [0, 0.1) is 0 Å². The predicted molar refractivity (Wildman–Crippen MR) is 120 cm³/mol. The molecule has 31 heavy (non-hydrogen) atoms. The molecule has 0 atom stereocenters. The fourth-order valence-electron chi connectivity index (χ4n) is 2.83. The Morgan fingerprint density at radius 2 is 1.87 bits per heavy atom. The molecule has 9 heteroatoms. The first-order valence-electron chi connectivity index (χ1n) is 10.6. The molecule has 1 aromatic carbocycles. The highest BCUT2D eigenvalue weighted by Crippen LogP contribution is 2.32. The van der Waals surface area contributed by atoms with E-state index in [1.807, 2.05) is 39.0 Å².